The first-order valence-electron chi connectivity index (χ1n) is 6.28. The van der Waals surface area contributed by atoms with E-state index in [0.29, 0.717) is 6.61 Å². The van der Waals surface area contributed by atoms with Gasteiger partial charge in [0.15, 0.2) is 0 Å². The third-order valence-electron chi connectivity index (χ3n) is 2.69. The van der Waals surface area contributed by atoms with Crippen LogP contribution in [0, 0.1) is 0 Å². The number of aromatic nitrogens is 1. The number of thioether (sulfide) groups is 1. The van der Waals surface area contributed by atoms with Crippen LogP contribution in [0.2, 0.25) is 0 Å². The Hall–Kier alpha value is -1.68. The molecule has 1 aromatic heterocycles. The Morgan fingerprint density at radius 2 is 2.00 bits per heavy atom. The number of hydrogen-bond donors (Lipinski definition) is 1. The van der Waals surface area contributed by atoms with Crippen molar-refractivity contribution in [3.63, 3.8) is 0 Å². The molecule has 0 saturated heterocycles. The molecule has 0 atom stereocenters. The highest BCUT2D eigenvalue weighted by Crippen LogP contribution is 2.20. The molecule has 4 heteroatoms. The van der Waals surface area contributed by atoms with Crippen molar-refractivity contribution in [2.24, 2.45) is 0 Å². The van der Waals surface area contributed by atoms with Crippen molar-refractivity contribution in [1.82, 2.24) is 4.98 Å². The number of nitrogens with one attached hydrogen (secondary N) is 1. The van der Waals surface area contributed by atoms with Gasteiger partial charge in [0.05, 0.1) is 0 Å². The summed E-state index contributed by atoms with van der Waals surface area (Å²) in [4.78, 5) is 5.55. The second kappa shape index (κ2) is 7.04. The van der Waals surface area contributed by atoms with Crippen molar-refractivity contribution in [3.8, 4) is 5.75 Å². The van der Waals surface area contributed by atoms with E-state index in [1.165, 1.54) is 4.90 Å². The van der Waals surface area contributed by atoms with E-state index in [-0.39, 0.29) is 0 Å². The van der Waals surface area contributed by atoms with Crippen LogP contribution in [0.1, 0.15) is 12.5 Å². The van der Waals surface area contributed by atoms with E-state index in [1.807, 2.05) is 24.3 Å². The molecule has 0 saturated carbocycles. The molecule has 0 aliphatic rings. The summed E-state index contributed by atoms with van der Waals surface area (Å²) in [5.74, 6) is 1.77. The second-order valence-electron chi connectivity index (χ2n) is 4.01. The van der Waals surface area contributed by atoms with Crippen molar-refractivity contribution in [2.75, 3.05) is 18.1 Å². The third kappa shape index (κ3) is 3.89. The standard InChI is InChI=1S/C15H18N2OS/c1-3-16-15-12(5-4-10-17-15)11-18-13-6-8-14(19-2)9-7-13/h4-10H,3,11H2,1-2H3,(H,16,17). The fraction of sp³-hybridized carbons (Fsp3) is 0.267. The number of nitrogens with zero attached hydrogens (tertiary/aromatic N) is 1. The van der Waals surface area contributed by atoms with E-state index in [0.717, 1.165) is 23.7 Å². The third-order valence-corrected chi connectivity index (χ3v) is 3.43. The van der Waals surface area contributed by atoms with Crippen LogP contribution >= 0.6 is 11.8 Å². The normalized spacial score (nSPS) is 10.2. The summed E-state index contributed by atoms with van der Waals surface area (Å²) in [6.07, 6.45) is 3.85. The lowest BCUT2D eigenvalue weighted by molar-refractivity contribution is 0.306. The van der Waals surface area contributed by atoms with Crippen molar-refractivity contribution in [1.29, 1.82) is 0 Å². The van der Waals surface area contributed by atoms with Crippen LogP contribution in [0.15, 0.2) is 47.5 Å². The highest BCUT2D eigenvalue weighted by atomic mass is 32.2. The van der Waals surface area contributed by atoms with Crippen molar-refractivity contribution < 1.29 is 4.74 Å². The molecule has 0 unspecified atom stereocenters. The van der Waals surface area contributed by atoms with Gasteiger partial charge in [0, 0.05) is 23.2 Å². The summed E-state index contributed by atoms with van der Waals surface area (Å²) in [5, 5.41) is 3.24. The SMILES string of the molecule is CCNc1ncccc1COc1ccc(SC)cc1. The largest absolute Gasteiger partial charge is 0.489 e. The number of benzene rings is 1. The molecule has 2 aromatic rings. The van der Waals surface area contributed by atoms with E-state index in [1.54, 1.807) is 18.0 Å². The molecule has 1 N–H and O–H groups in total. The Balaban J connectivity index is 2.01. The molecular weight excluding hydrogens is 256 g/mol. The van der Waals surface area contributed by atoms with Gasteiger partial charge < -0.3 is 10.1 Å². The van der Waals surface area contributed by atoms with Gasteiger partial charge in [-0.05, 0) is 43.5 Å². The Bertz CT molecular complexity index is 514. The van der Waals surface area contributed by atoms with Crippen LogP contribution in [-0.4, -0.2) is 17.8 Å². The zero-order valence-electron chi connectivity index (χ0n) is 11.2. The second-order valence-corrected chi connectivity index (χ2v) is 4.89. The topological polar surface area (TPSA) is 34.2 Å². The maximum absolute atomic E-state index is 5.79. The molecule has 0 aliphatic carbocycles. The van der Waals surface area contributed by atoms with Crippen LogP contribution in [0.25, 0.3) is 0 Å². The maximum atomic E-state index is 5.79. The van der Waals surface area contributed by atoms with Crippen LogP contribution in [-0.2, 0) is 6.61 Å². The van der Waals surface area contributed by atoms with Crippen LogP contribution in [0.3, 0.4) is 0 Å². The molecule has 2 rings (SSSR count). The molecule has 0 fully saturated rings. The van der Waals surface area contributed by atoms with Gasteiger partial charge in [0.1, 0.15) is 18.2 Å². The zero-order chi connectivity index (χ0) is 13.5. The molecule has 3 nitrogen and oxygen atoms in total. The molecule has 1 heterocycles. The minimum Gasteiger partial charge on any atom is -0.489 e. The molecule has 0 aliphatic heterocycles. The van der Waals surface area contributed by atoms with Gasteiger partial charge in [-0.15, -0.1) is 11.8 Å². The van der Waals surface area contributed by atoms with E-state index in [4.69, 9.17) is 4.74 Å². The lowest BCUT2D eigenvalue weighted by Gasteiger charge is -2.11. The number of anilines is 1. The fourth-order valence-corrected chi connectivity index (χ4v) is 2.12. The van der Waals surface area contributed by atoms with Crippen molar-refractivity contribution in [2.45, 2.75) is 18.4 Å². The Morgan fingerprint density at radius 3 is 2.68 bits per heavy atom. The van der Waals surface area contributed by atoms with Crippen LogP contribution < -0.4 is 10.1 Å². The predicted octanol–water partition coefficient (Wildman–Crippen LogP) is 3.81. The van der Waals surface area contributed by atoms with E-state index in [2.05, 4.69) is 35.6 Å². The number of hydrogen-bond acceptors (Lipinski definition) is 4. The first kappa shape index (κ1) is 13.7. The van der Waals surface area contributed by atoms with Gasteiger partial charge >= 0.3 is 0 Å². The average molecular weight is 274 g/mol. The van der Waals surface area contributed by atoms with Gasteiger partial charge in [0.25, 0.3) is 0 Å². The van der Waals surface area contributed by atoms with Gasteiger partial charge in [0.2, 0.25) is 0 Å². The molecule has 0 radical (unpaired) electrons. The minimum atomic E-state index is 0.523. The van der Waals surface area contributed by atoms with Gasteiger partial charge in [-0.1, -0.05) is 6.07 Å². The number of pyridine rings is 1. The molecular formula is C15H18N2OS. The first-order valence-corrected chi connectivity index (χ1v) is 7.50. The van der Waals surface area contributed by atoms with E-state index >= 15 is 0 Å². The predicted molar refractivity (Wildman–Crippen MR) is 81.0 cm³/mol. The van der Waals surface area contributed by atoms with Gasteiger partial charge in [-0.2, -0.15) is 0 Å². The van der Waals surface area contributed by atoms with Gasteiger partial charge in [-0.25, -0.2) is 4.98 Å². The summed E-state index contributed by atoms with van der Waals surface area (Å²) in [7, 11) is 0. The molecule has 100 valence electrons. The fourth-order valence-electron chi connectivity index (χ4n) is 1.71. The first-order chi connectivity index (χ1) is 9.33. The van der Waals surface area contributed by atoms with Crippen LogP contribution in [0.4, 0.5) is 5.82 Å². The molecule has 0 bridgehead atoms. The lowest BCUT2D eigenvalue weighted by atomic mass is 10.2. The van der Waals surface area contributed by atoms with Crippen LogP contribution in [0.5, 0.6) is 5.75 Å². The summed E-state index contributed by atoms with van der Waals surface area (Å²) >= 11 is 1.73. The van der Waals surface area contributed by atoms with Crippen molar-refractivity contribution >= 4 is 17.6 Å². The van der Waals surface area contributed by atoms with Gasteiger partial charge in [-0.3, -0.25) is 0 Å². The zero-order valence-corrected chi connectivity index (χ0v) is 12.0. The summed E-state index contributed by atoms with van der Waals surface area (Å²) in [5.41, 5.74) is 1.07. The lowest BCUT2D eigenvalue weighted by Crippen LogP contribution is -2.05. The maximum Gasteiger partial charge on any atom is 0.132 e. The quantitative estimate of drug-likeness (QED) is 0.812. The smallest absolute Gasteiger partial charge is 0.132 e. The monoisotopic (exact) mass is 274 g/mol. The number of rotatable bonds is 6. The summed E-state index contributed by atoms with van der Waals surface area (Å²) in [6.45, 7) is 3.43. The summed E-state index contributed by atoms with van der Waals surface area (Å²) in [6, 6.07) is 12.1. The van der Waals surface area contributed by atoms with E-state index in [9.17, 15) is 0 Å². The number of ether oxygens (including phenoxy) is 1. The average Bonchev–Trinajstić information content (AvgIpc) is 2.47. The molecule has 19 heavy (non-hydrogen) atoms. The Labute approximate surface area is 118 Å². The Morgan fingerprint density at radius 1 is 1.21 bits per heavy atom. The molecule has 0 spiro atoms. The molecule has 0 amide bonds. The highest BCUT2D eigenvalue weighted by Gasteiger charge is 2.03. The molecule has 1 aromatic carbocycles. The van der Waals surface area contributed by atoms with Crippen molar-refractivity contribution in [3.05, 3.63) is 48.2 Å². The minimum absolute atomic E-state index is 0.523. The highest BCUT2D eigenvalue weighted by molar-refractivity contribution is 7.98. The Kier molecular flexibility index (Phi) is 5.10. The van der Waals surface area contributed by atoms with E-state index < -0.39 is 0 Å². The summed E-state index contributed by atoms with van der Waals surface area (Å²) < 4.78 is 5.79.